The number of carbonyl (C=O) groups excluding carboxylic acids is 2. The summed E-state index contributed by atoms with van der Waals surface area (Å²) in [5.41, 5.74) is 3.93. The summed E-state index contributed by atoms with van der Waals surface area (Å²) in [6.07, 6.45) is 0.735. The van der Waals surface area contributed by atoms with Crippen molar-refractivity contribution in [3.05, 3.63) is 69.9 Å². The Morgan fingerprint density at radius 2 is 1.85 bits per heavy atom. The first kappa shape index (κ1) is 18.9. The molecule has 0 unspecified atom stereocenters. The van der Waals surface area contributed by atoms with Crippen molar-refractivity contribution in [2.24, 2.45) is 0 Å². The van der Waals surface area contributed by atoms with Crippen LogP contribution in [-0.2, 0) is 6.42 Å². The Morgan fingerprint density at radius 1 is 1.11 bits per heavy atom. The van der Waals surface area contributed by atoms with E-state index in [4.69, 9.17) is 11.6 Å². The number of fused-ring (bicyclic) bond motifs is 1. The number of anilines is 1. The lowest BCUT2D eigenvalue weighted by atomic mass is 9.99. The standard InChI is InChI=1S/C21H20ClN3O2/c1-4-17-12(2)19(14-7-5-6-8-18(14)25-17)21(27)24-13-9-10-16(22)15(11-13)20(26)23-3/h5-11H,4H2,1-3H3,(H,23,26)(H,24,27). The van der Waals surface area contributed by atoms with Crippen molar-refractivity contribution in [3.63, 3.8) is 0 Å². The van der Waals surface area contributed by atoms with Crippen LogP contribution in [0.3, 0.4) is 0 Å². The van der Waals surface area contributed by atoms with Gasteiger partial charge in [0.15, 0.2) is 0 Å². The van der Waals surface area contributed by atoms with Gasteiger partial charge in [0.25, 0.3) is 11.8 Å². The minimum absolute atomic E-state index is 0.244. The predicted octanol–water partition coefficient (Wildman–Crippen LogP) is 4.37. The van der Waals surface area contributed by atoms with Gasteiger partial charge in [0.2, 0.25) is 0 Å². The fraction of sp³-hybridized carbons (Fsp3) is 0.190. The molecule has 0 bridgehead atoms. The van der Waals surface area contributed by atoms with Gasteiger partial charge < -0.3 is 10.6 Å². The van der Waals surface area contributed by atoms with Gasteiger partial charge in [-0.1, -0.05) is 36.7 Å². The van der Waals surface area contributed by atoms with E-state index in [0.29, 0.717) is 21.8 Å². The molecule has 0 atom stereocenters. The number of nitrogens with zero attached hydrogens (tertiary/aromatic N) is 1. The van der Waals surface area contributed by atoms with Crippen molar-refractivity contribution < 1.29 is 9.59 Å². The van der Waals surface area contributed by atoms with E-state index in [2.05, 4.69) is 15.6 Å². The number of para-hydroxylation sites is 1. The average molecular weight is 382 g/mol. The highest BCUT2D eigenvalue weighted by molar-refractivity contribution is 6.34. The van der Waals surface area contributed by atoms with Gasteiger partial charge in [-0.2, -0.15) is 0 Å². The second-order valence-electron chi connectivity index (χ2n) is 6.16. The molecule has 0 saturated carbocycles. The monoisotopic (exact) mass is 381 g/mol. The van der Waals surface area contributed by atoms with E-state index < -0.39 is 0 Å². The summed E-state index contributed by atoms with van der Waals surface area (Å²) in [5.74, 6) is -0.555. The molecule has 3 aromatic rings. The molecule has 0 aliphatic heterocycles. The minimum atomic E-state index is -0.310. The smallest absolute Gasteiger partial charge is 0.256 e. The number of rotatable bonds is 4. The van der Waals surface area contributed by atoms with Gasteiger partial charge in [-0.15, -0.1) is 0 Å². The largest absolute Gasteiger partial charge is 0.355 e. The third kappa shape index (κ3) is 3.64. The number of amides is 2. The number of aromatic nitrogens is 1. The predicted molar refractivity (Wildman–Crippen MR) is 109 cm³/mol. The van der Waals surface area contributed by atoms with E-state index in [-0.39, 0.29) is 11.8 Å². The number of carbonyl (C=O) groups is 2. The van der Waals surface area contributed by atoms with E-state index in [1.165, 1.54) is 7.05 Å². The number of benzene rings is 2. The molecule has 138 valence electrons. The van der Waals surface area contributed by atoms with E-state index in [0.717, 1.165) is 28.6 Å². The fourth-order valence-electron chi connectivity index (χ4n) is 3.10. The van der Waals surface area contributed by atoms with E-state index >= 15 is 0 Å². The molecule has 0 radical (unpaired) electrons. The molecule has 1 heterocycles. The van der Waals surface area contributed by atoms with Crippen molar-refractivity contribution in [2.75, 3.05) is 12.4 Å². The fourth-order valence-corrected chi connectivity index (χ4v) is 3.30. The van der Waals surface area contributed by atoms with Crippen LogP contribution in [0.25, 0.3) is 10.9 Å². The van der Waals surface area contributed by atoms with Crippen LogP contribution in [0.5, 0.6) is 0 Å². The Labute approximate surface area is 162 Å². The Morgan fingerprint density at radius 3 is 2.56 bits per heavy atom. The highest BCUT2D eigenvalue weighted by Crippen LogP contribution is 2.26. The van der Waals surface area contributed by atoms with Gasteiger partial charge >= 0.3 is 0 Å². The maximum Gasteiger partial charge on any atom is 0.256 e. The first-order chi connectivity index (χ1) is 13.0. The topological polar surface area (TPSA) is 71.1 Å². The van der Waals surface area contributed by atoms with Crippen LogP contribution in [0.4, 0.5) is 5.69 Å². The average Bonchev–Trinajstić information content (AvgIpc) is 2.68. The Hall–Kier alpha value is -2.92. The van der Waals surface area contributed by atoms with Crippen LogP contribution in [0.1, 0.15) is 38.9 Å². The molecule has 0 fully saturated rings. The number of hydrogen-bond donors (Lipinski definition) is 2. The summed E-state index contributed by atoms with van der Waals surface area (Å²) in [6.45, 7) is 3.92. The summed E-state index contributed by atoms with van der Waals surface area (Å²) in [6, 6.07) is 12.4. The lowest BCUT2D eigenvalue weighted by Gasteiger charge is -2.14. The van der Waals surface area contributed by atoms with E-state index in [1.54, 1.807) is 18.2 Å². The van der Waals surface area contributed by atoms with Crippen LogP contribution in [0, 0.1) is 6.92 Å². The number of halogens is 1. The Bertz CT molecular complexity index is 1050. The molecule has 0 aliphatic rings. The molecule has 3 rings (SSSR count). The van der Waals surface area contributed by atoms with Gasteiger partial charge in [0.05, 0.1) is 21.7 Å². The van der Waals surface area contributed by atoms with E-state index in [9.17, 15) is 9.59 Å². The second-order valence-corrected chi connectivity index (χ2v) is 6.56. The normalized spacial score (nSPS) is 10.7. The van der Waals surface area contributed by atoms with Gasteiger partial charge in [0, 0.05) is 23.8 Å². The van der Waals surface area contributed by atoms with Crippen LogP contribution in [-0.4, -0.2) is 23.8 Å². The molecule has 27 heavy (non-hydrogen) atoms. The molecule has 2 aromatic carbocycles. The molecule has 2 amide bonds. The van der Waals surface area contributed by atoms with Crippen LogP contribution < -0.4 is 10.6 Å². The molecule has 0 aliphatic carbocycles. The third-order valence-corrected chi connectivity index (χ3v) is 4.82. The Kier molecular flexibility index (Phi) is 5.42. The van der Waals surface area contributed by atoms with Crippen molar-refractivity contribution in [2.45, 2.75) is 20.3 Å². The first-order valence-electron chi connectivity index (χ1n) is 8.67. The number of nitrogens with one attached hydrogen (secondary N) is 2. The summed E-state index contributed by atoms with van der Waals surface area (Å²) in [7, 11) is 1.53. The molecule has 0 saturated heterocycles. The van der Waals surface area contributed by atoms with Crippen molar-refractivity contribution >= 4 is 40.0 Å². The Balaban J connectivity index is 2.05. The van der Waals surface area contributed by atoms with Crippen LogP contribution >= 0.6 is 11.6 Å². The van der Waals surface area contributed by atoms with Crippen LogP contribution in [0.15, 0.2) is 42.5 Å². The second kappa shape index (κ2) is 7.76. The SMILES string of the molecule is CCc1nc2ccccc2c(C(=O)Nc2ccc(Cl)c(C(=O)NC)c2)c1C. The lowest BCUT2D eigenvalue weighted by Crippen LogP contribution is -2.19. The molecule has 6 heteroatoms. The van der Waals surface area contributed by atoms with Gasteiger partial charge in [-0.05, 0) is 43.2 Å². The molecular weight excluding hydrogens is 362 g/mol. The molecule has 5 nitrogen and oxygen atoms in total. The van der Waals surface area contributed by atoms with Gasteiger partial charge in [-0.3, -0.25) is 14.6 Å². The van der Waals surface area contributed by atoms with Gasteiger partial charge in [0.1, 0.15) is 0 Å². The zero-order valence-corrected chi connectivity index (χ0v) is 16.1. The third-order valence-electron chi connectivity index (χ3n) is 4.49. The van der Waals surface area contributed by atoms with Crippen molar-refractivity contribution in [1.29, 1.82) is 0 Å². The van der Waals surface area contributed by atoms with Crippen molar-refractivity contribution in [1.82, 2.24) is 10.3 Å². The summed E-state index contributed by atoms with van der Waals surface area (Å²) < 4.78 is 0. The lowest BCUT2D eigenvalue weighted by molar-refractivity contribution is 0.0961. The van der Waals surface area contributed by atoms with Crippen LogP contribution in [0.2, 0.25) is 5.02 Å². The molecule has 0 spiro atoms. The highest BCUT2D eigenvalue weighted by Gasteiger charge is 2.18. The molecule has 1 aromatic heterocycles. The summed E-state index contributed by atoms with van der Waals surface area (Å²) in [4.78, 5) is 29.7. The quantitative estimate of drug-likeness (QED) is 0.704. The zero-order valence-electron chi connectivity index (χ0n) is 15.4. The number of pyridine rings is 1. The summed E-state index contributed by atoms with van der Waals surface area (Å²) in [5, 5.41) is 6.54. The molecular formula is C21H20ClN3O2. The van der Waals surface area contributed by atoms with Crippen molar-refractivity contribution in [3.8, 4) is 0 Å². The number of hydrogen-bond acceptors (Lipinski definition) is 3. The first-order valence-corrected chi connectivity index (χ1v) is 9.05. The maximum atomic E-state index is 13.1. The highest BCUT2D eigenvalue weighted by atomic mass is 35.5. The zero-order chi connectivity index (χ0) is 19.6. The number of aryl methyl sites for hydroxylation is 1. The van der Waals surface area contributed by atoms with Gasteiger partial charge in [-0.25, -0.2) is 0 Å². The molecule has 2 N–H and O–H groups in total. The summed E-state index contributed by atoms with van der Waals surface area (Å²) >= 11 is 6.08. The maximum absolute atomic E-state index is 13.1. The minimum Gasteiger partial charge on any atom is -0.355 e. The van der Waals surface area contributed by atoms with E-state index in [1.807, 2.05) is 38.1 Å².